The van der Waals surface area contributed by atoms with Gasteiger partial charge in [0, 0.05) is 42.2 Å². The fourth-order valence-corrected chi connectivity index (χ4v) is 6.51. The molecule has 0 saturated heterocycles. The van der Waals surface area contributed by atoms with Gasteiger partial charge < -0.3 is 20.9 Å². The monoisotopic (exact) mass is 481 g/mol. The van der Waals surface area contributed by atoms with Gasteiger partial charge in [-0.2, -0.15) is 0 Å². The Morgan fingerprint density at radius 2 is 1.80 bits per heavy atom. The first-order chi connectivity index (χ1) is 16.5. The summed E-state index contributed by atoms with van der Waals surface area (Å²) in [6.45, 7) is 6.35. The molecule has 2 atom stereocenters. The number of nitrogens with one attached hydrogen (secondary N) is 2. The second-order valence-electron chi connectivity index (χ2n) is 11.3. The van der Waals surface area contributed by atoms with Gasteiger partial charge in [-0.05, 0) is 61.5 Å². The Kier molecular flexibility index (Phi) is 5.68. The van der Waals surface area contributed by atoms with Gasteiger partial charge >= 0.3 is 0 Å². The molecule has 2 aliphatic carbocycles. The smallest absolute Gasteiger partial charge is 0.265 e. The van der Waals surface area contributed by atoms with E-state index < -0.39 is 11.7 Å². The van der Waals surface area contributed by atoms with E-state index in [2.05, 4.69) is 29.5 Å². The number of carbonyl (C=O) groups excluding carboxylic acids is 3. The molecule has 35 heavy (non-hydrogen) atoms. The third-order valence-electron chi connectivity index (χ3n) is 7.88. The van der Waals surface area contributed by atoms with Crippen LogP contribution in [0.4, 0.5) is 10.2 Å². The molecule has 2 unspecified atom stereocenters. The van der Waals surface area contributed by atoms with Crippen molar-refractivity contribution in [2.75, 3.05) is 5.32 Å². The standard InChI is InChI=1S/C26H32FN5O3/c1-13(33)30-17-6-14-4-16(5-15(14)7-17)25(35)31-23-9-18(20(27)11-29-23)19-8-21(24(28)34)32-12-26(2,3)10-22(19)32/h8-9,11,14-17H,4-7,10,12H2,1-3H3,(H2,28,34)(H,30,33)(H,29,31,35). The van der Waals surface area contributed by atoms with Gasteiger partial charge in [-0.25, -0.2) is 9.37 Å². The Morgan fingerprint density at radius 1 is 1.11 bits per heavy atom. The first-order valence-electron chi connectivity index (χ1n) is 12.3. The molecule has 5 rings (SSSR count). The Hall–Kier alpha value is -3.23. The van der Waals surface area contributed by atoms with Crippen molar-refractivity contribution in [3.8, 4) is 11.1 Å². The van der Waals surface area contributed by atoms with Gasteiger partial charge in [-0.3, -0.25) is 14.4 Å². The molecule has 0 aromatic carbocycles. The van der Waals surface area contributed by atoms with Crippen molar-refractivity contribution < 1.29 is 18.8 Å². The largest absolute Gasteiger partial charge is 0.364 e. The van der Waals surface area contributed by atoms with Crippen molar-refractivity contribution in [2.24, 2.45) is 28.9 Å². The van der Waals surface area contributed by atoms with Crippen molar-refractivity contribution in [1.82, 2.24) is 14.9 Å². The molecule has 1 aliphatic heterocycles. The Bertz CT molecular complexity index is 1210. The van der Waals surface area contributed by atoms with Gasteiger partial charge in [0.2, 0.25) is 11.8 Å². The highest BCUT2D eigenvalue weighted by Gasteiger charge is 2.44. The molecule has 2 aromatic rings. The summed E-state index contributed by atoms with van der Waals surface area (Å²) in [6, 6.07) is 3.38. The number of hydrogen-bond acceptors (Lipinski definition) is 4. The molecule has 3 amide bonds. The predicted molar refractivity (Wildman–Crippen MR) is 129 cm³/mol. The number of nitrogens with two attached hydrogens (primary N) is 1. The van der Waals surface area contributed by atoms with Crippen LogP contribution in [-0.2, 0) is 22.6 Å². The number of rotatable bonds is 5. The number of hydrogen-bond donors (Lipinski definition) is 3. The summed E-state index contributed by atoms with van der Waals surface area (Å²) in [4.78, 5) is 40.5. The number of fused-ring (bicyclic) bond motifs is 2. The van der Waals surface area contributed by atoms with Crippen LogP contribution in [0.1, 0.15) is 62.6 Å². The second-order valence-corrected chi connectivity index (χ2v) is 11.3. The first kappa shape index (κ1) is 23.5. The first-order valence-corrected chi connectivity index (χ1v) is 12.3. The fraction of sp³-hybridized carbons (Fsp3) is 0.538. The topological polar surface area (TPSA) is 119 Å². The number of aromatic nitrogens is 2. The molecule has 3 heterocycles. The number of amides is 3. The van der Waals surface area contributed by atoms with Crippen LogP contribution in [0.5, 0.6) is 0 Å². The highest BCUT2D eigenvalue weighted by molar-refractivity contribution is 5.95. The summed E-state index contributed by atoms with van der Waals surface area (Å²) in [5.41, 5.74) is 7.65. The zero-order valence-electron chi connectivity index (χ0n) is 20.4. The summed E-state index contributed by atoms with van der Waals surface area (Å²) >= 11 is 0. The Labute approximate surface area is 203 Å². The minimum atomic E-state index is -0.550. The molecule has 9 heteroatoms. The lowest BCUT2D eigenvalue weighted by Gasteiger charge is -2.16. The molecule has 2 fully saturated rings. The van der Waals surface area contributed by atoms with Gasteiger partial charge in [0.1, 0.15) is 17.3 Å². The molecule has 8 nitrogen and oxygen atoms in total. The molecular weight excluding hydrogens is 449 g/mol. The van der Waals surface area contributed by atoms with Crippen LogP contribution >= 0.6 is 0 Å². The van der Waals surface area contributed by atoms with E-state index in [1.807, 2.05) is 4.57 Å². The van der Waals surface area contributed by atoms with E-state index in [1.54, 1.807) is 12.1 Å². The fourth-order valence-electron chi connectivity index (χ4n) is 6.51. The van der Waals surface area contributed by atoms with Gasteiger partial charge in [-0.1, -0.05) is 13.8 Å². The summed E-state index contributed by atoms with van der Waals surface area (Å²) in [5.74, 6) is -0.165. The summed E-state index contributed by atoms with van der Waals surface area (Å²) < 4.78 is 16.8. The number of anilines is 1. The highest BCUT2D eigenvalue weighted by Crippen LogP contribution is 2.47. The van der Waals surface area contributed by atoms with Gasteiger partial charge in [0.05, 0.1) is 6.20 Å². The minimum absolute atomic E-state index is 0.0113. The van der Waals surface area contributed by atoms with Crippen molar-refractivity contribution in [2.45, 2.75) is 65.5 Å². The van der Waals surface area contributed by atoms with Crippen molar-refractivity contribution in [3.05, 3.63) is 35.5 Å². The number of nitrogens with zero attached hydrogens (tertiary/aromatic N) is 2. The average molecular weight is 482 g/mol. The van der Waals surface area contributed by atoms with E-state index in [-0.39, 0.29) is 35.0 Å². The van der Waals surface area contributed by atoms with Crippen LogP contribution in [0.25, 0.3) is 11.1 Å². The van der Waals surface area contributed by atoms with Crippen LogP contribution in [0.15, 0.2) is 18.3 Å². The van der Waals surface area contributed by atoms with E-state index in [9.17, 15) is 18.8 Å². The lowest BCUT2D eigenvalue weighted by molar-refractivity contribution is -0.121. The zero-order chi connectivity index (χ0) is 25.1. The maximum atomic E-state index is 14.9. The lowest BCUT2D eigenvalue weighted by atomic mass is 9.89. The minimum Gasteiger partial charge on any atom is -0.364 e. The van der Waals surface area contributed by atoms with E-state index in [1.165, 1.54) is 6.92 Å². The van der Waals surface area contributed by atoms with Gasteiger partial charge in [0.15, 0.2) is 0 Å². The van der Waals surface area contributed by atoms with E-state index in [0.29, 0.717) is 41.6 Å². The summed E-state index contributed by atoms with van der Waals surface area (Å²) in [5, 5.41) is 5.88. The van der Waals surface area contributed by atoms with Crippen molar-refractivity contribution >= 4 is 23.5 Å². The van der Waals surface area contributed by atoms with Gasteiger partial charge in [0.25, 0.3) is 5.91 Å². The molecule has 3 aliphatic rings. The van der Waals surface area contributed by atoms with Crippen LogP contribution < -0.4 is 16.4 Å². The maximum Gasteiger partial charge on any atom is 0.265 e. The molecule has 0 spiro atoms. The van der Waals surface area contributed by atoms with E-state index in [0.717, 1.165) is 37.6 Å². The Balaban J connectivity index is 1.33. The van der Waals surface area contributed by atoms with Crippen LogP contribution in [0, 0.1) is 29.0 Å². The Morgan fingerprint density at radius 3 is 2.43 bits per heavy atom. The van der Waals surface area contributed by atoms with Crippen LogP contribution in [0.3, 0.4) is 0 Å². The average Bonchev–Trinajstić information content (AvgIpc) is 3.46. The van der Waals surface area contributed by atoms with E-state index in [4.69, 9.17) is 5.73 Å². The third-order valence-corrected chi connectivity index (χ3v) is 7.88. The molecule has 0 bridgehead atoms. The van der Waals surface area contributed by atoms with Gasteiger partial charge in [-0.15, -0.1) is 0 Å². The van der Waals surface area contributed by atoms with Crippen LogP contribution in [0.2, 0.25) is 0 Å². The third kappa shape index (κ3) is 4.44. The maximum absolute atomic E-state index is 14.9. The van der Waals surface area contributed by atoms with Crippen molar-refractivity contribution in [1.29, 1.82) is 0 Å². The normalized spacial score (nSPS) is 26.3. The lowest BCUT2D eigenvalue weighted by Crippen LogP contribution is -2.31. The highest BCUT2D eigenvalue weighted by atomic mass is 19.1. The number of halogens is 1. The molecule has 0 radical (unpaired) electrons. The molecule has 2 saturated carbocycles. The zero-order valence-corrected chi connectivity index (χ0v) is 20.4. The molecular formula is C26H32FN5O3. The molecule has 186 valence electrons. The molecule has 2 aromatic heterocycles. The quantitative estimate of drug-likeness (QED) is 0.607. The molecule has 4 N–H and O–H groups in total. The number of pyridine rings is 1. The SMILES string of the molecule is CC(=O)NC1CC2CC(C(=O)Nc3cc(-c4cc(C(N)=O)n5c4CC(C)(C)C5)c(F)cn3)CC2C1. The summed E-state index contributed by atoms with van der Waals surface area (Å²) in [7, 11) is 0. The van der Waals surface area contributed by atoms with Crippen LogP contribution in [-0.4, -0.2) is 33.3 Å². The van der Waals surface area contributed by atoms with Crippen molar-refractivity contribution in [3.63, 3.8) is 0 Å². The summed E-state index contributed by atoms with van der Waals surface area (Å²) in [6.07, 6.45) is 5.18. The predicted octanol–water partition coefficient (Wildman–Crippen LogP) is 3.25. The second kappa shape index (κ2) is 8.46. The van der Waals surface area contributed by atoms with E-state index >= 15 is 0 Å². The number of primary amides is 1. The number of carbonyl (C=O) groups is 3.